The summed E-state index contributed by atoms with van der Waals surface area (Å²) in [5.41, 5.74) is 2.53. The summed E-state index contributed by atoms with van der Waals surface area (Å²) in [6.45, 7) is 2.63. The molecule has 0 saturated carbocycles. The van der Waals surface area contributed by atoms with Crippen LogP contribution in [0, 0.1) is 0 Å². The van der Waals surface area contributed by atoms with Gasteiger partial charge < -0.3 is 15.2 Å². The van der Waals surface area contributed by atoms with E-state index in [1.807, 2.05) is 11.0 Å². The van der Waals surface area contributed by atoms with Crippen LogP contribution >= 0.6 is 0 Å². The van der Waals surface area contributed by atoms with Crippen LogP contribution in [0.15, 0.2) is 30.5 Å². The van der Waals surface area contributed by atoms with Gasteiger partial charge in [-0.25, -0.2) is 0 Å². The standard InChI is InChI=1S/C15H19N3O/c19-11-18-8-7-16-10-13(18)6-5-12-9-17-15-4-2-1-3-14(12)15/h1-4,9,11,13,16-17H,5-8,10H2. The van der Waals surface area contributed by atoms with Gasteiger partial charge in [0, 0.05) is 42.8 Å². The van der Waals surface area contributed by atoms with Crippen molar-refractivity contribution in [3.05, 3.63) is 36.0 Å². The average molecular weight is 257 g/mol. The first kappa shape index (κ1) is 12.2. The maximum Gasteiger partial charge on any atom is 0.210 e. The minimum absolute atomic E-state index is 0.319. The van der Waals surface area contributed by atoms with Crippen LogP contribution in [0.3, 0.4) is 0 Å². The molecule has 1 amide bonds. The Bertz CT molecular complexity index is 563. The number of piperazine rings is 1. The maximum absolute atomic E-state index is 11.0. The monoisotopic (exact) mass is 257 g/mol. The molecule has 1 saturated heterocycles. The van der Waals surface area contributed by atoms with E-state index >= 15 is 0 Å². The first-order valence-corrected chi connectivity index (χ1v) is 6.85. The Morgan fingerprint density at radius 2 is 2.26 bits per heavy atom. The molecule has 2 N–H and O–H groups in total. The zero-order valence-electron chi connectivity index (χ0n) is 10.9. The lowest BCUT2D eigenvalue weighted by molar-refractivity contribution is -0.121. The molecule has 100 valence electrons. The Hall–Kier alpha value is -1.81. The van der Waals surface area contributed by atoms with Gasteiger partial charge in [0.2, 0.25) is 6.41 Å². The van der Waals surface area contributed by atoms with Gasteiger partial charge in [-0.1, -0.05) is 18.2 Å². The molecule has 19 heavy (non-hydrogen) atoms. The fourth-order valence-corrected chi connectivity index (χ4v) is 2.84. The number of carbonyl (C=O) groups is 1. The molecule has 4 nitrogen and oxygen atoms in total. The van der Waals surface area contributed by atoms with Gasteiger partial charge in [-0.3, -0.25) is 4.79 Å². The Morgan fingerprint density at radius 1 is 1.37 bits per heavy atom. The summed E-state index contributed by atoms with van der Waals surface area (Å²) in [4.78, 5) is 16.3. The van der Waals surface area contributed by atoms with Gasteiger partial charge in [-0.15, -0.1) is 0 Å². The number of nitrogens with zero attached hydrogens (tertiary/aromatic N) is 1. The van der Waals surface area contributed by atoms with Crippen LogP contribution < -0.4 is 5.32 Å². The van der Waals surface area contributed by atoms with E-state index in [2.05, 4.69) is 34.7 Å². The van der Waals surface area contributed by atoms with E-state index in [0.717, 1.165) is 38.9 Å². The smallest absolute Gasteiger partial charge is 0.210 e. The number of para-hydroxylation sites is 1. The highest BCUT2D eigenvalue weighted by molar-refractivity contribution is 5.83. The van der Waals surface area contributed by atoms with Crippen LogP contribution in [0.5, 0.6) is 0 Å². The minimum atomic E-state index is 0.319. The molecule has 3 rings (SSSR count). The first-order chi connectivity index (χ1) is 9.38. The van der Waals surface area contributed by atoms with Crippen LogP contribution in [0.25, 0.3) is 10.9 Å². The molecule has 0 aliphatic carbocycles. The van der Waals surface area contributed by atoms with Crippen LogP contribution in [-0.4, -0.2) is 42.0 Å². The number of amides is 1. The van der Waals surface area contributed by atoms with Gasteiger partial charge in [0.25, 0.3) is 0 Å². The zero-order valence-corrected chi connectivity index (χ0v) is 10.9. The highest BCUT2D eigenvalue weighted by Crippen LogP contribution is 2.20. The van der Waals surface area contributed by atoms with Crippen molar-refractivity contribution in [2.75, 3.05) is 19.6 Å². The van der Waals surface area contributed by atoms with E-state index in [4.69, 9.17) is 0 Å². The molecule has 0 spiro atoms. The molecule has 1 atom stereocenters. The molecule has 1 aromatic heterocycles. The second-order valence-electron chi connectivity index (χ2n) is 5.10. The van der Waals surface area contributed by atoms with Crippen molar-refractivity contribution >= 4 is 17.3 Å². The number of H-pyrrole nitrogens is 1. The quantitative estimate of drug-likeness (QED) is 0.816. The van der Waals surface area contributed by atoms with Crippen LogP contribution in [0.1, 0.15) is 12.0 Å². The average Bonchev–Trinajstić information content (AvgIpc) is 2.89. The first-order valence-electron chi connectivity index (χ1n) is 6.85. The van der Waals surface area contributed by atoms with Crippen molar-refractivity contribution in [3.8, 4) is 0 Å². The lowest BCUT2D eigenvalue weighted by atomic mass is 10.0. The van der Waals surface area contributed by atoms with Gasteiger partial charge in [0.15, 0.2) is 0 Å². The molecule has 2 heterocycles. The number of benzene rings is 1. The lowest BCUT2D eigenvalue weighted by Gasteiger charge is -2.33. The van der Waals surface area contributed by atoms with Crippen molar-refractivity contribution in [2.45, 2.75) is 18.9 Å². The fraction of sp³-hybridized carbons (Fsp3) is 0.400. The number of aryl methyl sites for hydroxylation is 1. The summed E-state index contributed by atoms with van der Waals surface area (Å²) in [5.74, 6) is 0. The van der Waals surface area contributed by atoms with Crippen LogP contribution in [0.2, 0.25) is 0 Å². The summed E-state index contributed by atoms with van der Waals surface area (Å²) >= 11 is 0. The molecule has 0 radical (unpaired) electrons. The third kappa shape index (κ3) is 2.49. The largest absolute Gasteiger partial charge is 0.361 e. The number of hydrogen-bond acceptors (Lipinski definition) is 2. The van der Waals surface area contributed by atoms with Crippen LogP contribution in [0.4, 0.5) is 0 Å². The van der Waals surface area contributed by atoms with Gasteiger partial charge in [-0.05, 0) is 24.5 Å². The zero-order chi connectivity index (χ0) is 13.1. The molecular weight excluding hydrogens is 238 g/mol. The van der Waals surface area contributed by atoms with Gasteiger partial charge in [0.05, 0.1) is 0 Å². The van der Waals surface area contributed by atoms with Gasteiger partial charge in [0.1, 0.15) is 0 Å². The fourth-order valence-electron chi connectivity index (χ4n) is 2.84. The molecular formula is C15H19N3O. The van der Waals surface area contributed by atoms with E-state index in [1.54, 1.807) is 0 Å². The lowest BCUT2D eigenvalue weighted by Crippen LogP contribution is -2.50. The Labute approximate surface area is 112 Å². The van der Waals surface area contributed by atoms with Gasteiger partial charge in [-0.2, -0.15) is 0 Å². The minimum Gasteiger partial charge on any atom is -0.361 e. The number of aromatic amines is 1. The molecule has 1 aromatic carbocycles. The van der Waals surface area contributed by atoms with E-state index < -0.39 is 0 Å². The Balaban J connectivity index is 1.70. The SMILES string of the molecule is O=CN1CCNCC1CCc1c[nH]c2ccccc12. The van der Waals surface area contributed by atoms with E-state index in [9.17, 15) is 4.79 Å². The third-order valence-electron chi connectivity index (χ3n) is 3.95. The van der Waals surface area contributed by atoms with Crippen LogP contribution in [-0.2, 0) is 11.2 Å². The molecule has 1 unspecified atom stereocenters. The second-order valence-corrected chi connectivity index (χ2v) is 5.10. The highest BCUT2D eigenvalue weighted by atomic mass is 16.1. The number of hydrogen-bond donors (Lipinski definition) is 2. The van der Waals surface area contributed by atoms with Crippen molar-refractivity contribution in [1.29, 1.82) is 0 Å². The second kappa shape index (κ2) is 5.45. The number of rotatable bonds is 4. The van der Waals surface area contributed by atoms with Crippen molar-refractivity contribution in [3.63, 3.8) is 0 Å². The summed E-state index contributed by atoms with van der Waals surface area (Å²) in [5, 5.41) is 4.65. The molecule has 0 bridgehead atoms. The maximum atomic E-state index is 11.0. The number of nitrogens with one attached hydrogen (secondary N) is 2. The molecule has 4 heteroatoms. The number of fused-ring (bicyclic) bond motifs is 1. The highest BCUT2D eigenvalue weighted by Gasteiger charge is 2.20. The summed E-state index contributed by atoms with van der Waals surface area (Å²) in [6.07, 6.45) is 5.08. The molecule has 1 fully saturated rings. The normalized spacial score (nSPS) is 19.8. The van der Waals surface area contributed by atoms with E-state index in [0.29, 0.717) is 6.04 Å². The number of carbonyl (C=O) groups excluding carboxylic acids is 1. The summed E-state index contributed by atoms with van der Waals surface area (Å²) in [7, 11) is 0. The predicted molar refractivity (Wildman–Crippen MR) is 76.0 cm³/mol. The molecule has 1 aliphatic rings. The van der Waals surface area contributed by atoms with Crippen molar-refractivity contribution in [1.82, 2.24) is 15.2 Å². The van der Waals surface area contributed by atoms with E-state index in [1.165, 1.54) is 16.5 Å². The summed E-state index contributed by atoms with van der Waals surface area (Å²) in [6, 6.07) is 8.68. The van der Waals surface area contributed by atoms with Crippen molar-refractivity contribution < 1.29 is 4.79 Å². The Morgan fingerprint density at radius 3 is 3.16 bits per heavy atom. The predicted octanol–water partition coefficient (Wildman–Crippen LogP) is 1.53. The van der Waals surface area contributed by atoms with Gasteiger partial charge >= 0.3 is 0 Å². The summed E-state index contributed by atoms with van der Waals surface area (Å²) < 4.78 is 0. The number of aromatic nitrogens is 1. The molecule has 2 aromatic rings. The topological polar surface area (TPSA) is 48.1 Å². The van der Waals surface area contributed by atoms with Crippen molar-refractivity contribution in [2.24, 2.45) is 0 Å². The third-order valence-corrected chi connectivity index (χ3v) is 3.95. The van der Waals surface area contributed by atoms with E-state index in [-0.39, 0.29) is 0 Å². The molecule has 1 aliphatic heterocycles. The Kier molecular flexibility index (Phi) is 3.51.